The lowest BCUT2D eigenvalue weighted by atomic mass is 10.0. The Morgan fingerprint density at radius 1 is 1.42 bits per heavy atom. The summed E-state index contributed by atoms with van der Waals surface area (Å²) in [5, 5.41) is 5.49. The summed E-state index contributed by atoms with van der Waals surface area (Å²) in [6.07, 6.45) is 0.973. The molecule has 5 nitrogen and oxygen atoms in total. The Bertz CT molecular complexity index is 447. The van der Waals surface area contributed by atoms with Crippen LogP contribution >= 0.6 is 0 Å². The highest BCUT2D eigenvalue weighted by atomic mass is 16.2. The summed E-state index contributed by atoms with van der Waals surface area (Å²) < 4.78 is 0. The van der Waals surface area contributed by atoms with E-state index in [1.165, 1.54) is 0 Å². The van der Waals surface area contributed by atoms with Gasteiger partial charge in [0.1, 0.15) is 0 Å². The molecule has 1 aliphatic heterocycles. The second-order valence-electron chi connectivity index (χ2n) is 4.80. The molecule has 0 bridgehead atoms. The average Bonchev–Trinajstić information content (AvgIpc) is 2.86. The van der Waals surface area contributed by atoms with Crippen molar-refractivity contribution in [3.8, 4) is 0 Å². The van der Waals surface area contributed by atoms with E-state index in [2.05, 4.69) is 10.6 Å². The van der Waals surface area contributed by atoms with Gasteiger partial charge in [-0.3, -0.25) is 9.59 Å². The maximum absolute atomic E-state index is 11.8. The summed E-state index contributed by atoms with van der Waals surface area (Å²) in [4.78, 5) is 22.8. The lowest BCUT2D eigenvalue weighted by Gasteiger charge is -2.13. The van der Waals surface area contributed by atoms with E-state index in [0.717, 1.165) is 5.56 Å². The molecule has 2 unspecified atom stereocenters. The Morgan fingerprint density at radius 2 is 2.16 bits per heavy atom. The number of nitrogens with two attached hydrogens (primary N) is 1. The van der Waals surface area contributed by atoms with E-state index >= 15 is 0 Å². The summed E-state index contributed by atoms with van der Waals surface area (Å²) in [5.41, 5.74) is 7.10. The number of amides is 2. The van der Waals surface area contributed by atoms with Crippen molar-refractivity contribution < 1.29 is 9.59 Å². The minimum absolute atomic E-state index is 0.0545. The molecule has 1 fully saturated rings. The molecule has 1 aromatic rings. The van der Waals surface area contributed by atoms with Gasteiger partial charge in [0.25, 0.3) is 0 Å². The minimum atomic E-state index is -0.236. The molecule has 0 aromatic heterocycles. The highest BCUT2D eigenvalue weighted by Crippen LogP contribution is 2.13. The average molecular weight is 261 g/mol. The standard InChI is InChI=1S/C14H19N3O2/c15-12(10-4-2-1-3-5-10)6-7-16-14(19)11-8-13(18)17-9-11/h1-5,11-12H,6-9,15H2,(H,16,19)(H,17,18). The van der Waals surface area contributed by atoms with Crippen molar-refractivity contribution in [2.24, 2.45) is 11.7 Å². The second-order valence-corrected chi connectivity index (χ2v) is 4.80. The maximum atomic E-state index is 11.8. The monoisotopic (exact) mass is 261 g/mol. The zero-order chi connectivity index (χ0) is 13.7. The zero-order valence-corrected chi connectivity index (χ0v) is 10.8. The fraction of sp³-hybridized carbons (Fsp3) is 0.429. The maximum Gasteiger partial charge on any atom is 0.225 e. The number of hydrogen-bond donors (Lipinski definition) is 3. The van der Waals surface area contributed by atoms with Crippen LogP contribution in [0, 0.1) is 5.92 Å². The highest BCUT2D eigenvalue weighted by molar-refractivity contribution is 5.89. The van der Waals surface area contributed by atoms with Gasteiger partial charge in [0.2, 0.25) is 11.8 Å². The number of carbonyl (C=O) groups excluding carboxylic acids is 2. The first-order valence-corrected chi connectivity index (χ1v) is 6.52. The van der Waals surface area contributed by atoms with E-state index in [4.69, 9.17) is 5.73 Å². The van der Waals surface area contributed by atoms with Crippen LogP contribution in [0.1, 0.15) is 24.4 Å². The first-order valence-electron chi connectivity index (χ1n) is 6.52. The van der Waals surface area contributed by atoms with Gasteiger partial charge in [-0.2, -0.15) is 0 Å². The molecule has 1 saturated heterocycles. The molecule has 2 atom stereocenters. The van der Waals surface area contributed by atoms with E-state index in [1.807, 2.05) is 30.3 Å². The fourth-order valence-electron chi connectivity index (χ4n) is 2.15. The topological polar surface area (TPSA) is 84.2 Å². The first-order chi connectivity index (χ1) is 9.16. The Morgan fingerprint density at radius 3 is 2.79 bits per heavy atom. The van der Waals surface area contributed by atoms with Crippen molar-refractivity contribution in [2.45, 2.75) is 18.9 Å². The van der Waals surface area contributed by atoms with Gasteiger partial charge in [-0.15, -0.1) is 0 Å². The summed E-state index contributed by atoms with van der Waals surface area (Å²) in [5.74, 6) is -0.361. The Balaban J connectivity index is 1.72. The largest absolute Gasteiger partial charge is 0.356 e. The van der Waals surface area contributed by atoms with Crippen LogP contribution in [-0.4, -0.2) is 24.9 Å². The molecule has 0 radical (unpaired) electrons. The molecule has 102 valence electrons. The molecule has 2 amide bonds. The van der Waals surface area contributed by atoms with Gasteiger partial charge in [0, 0.05) is 25.6 Å². The smallest absolute Gasteiger partial charge is 0.225 e. The van der Waals surface area contributed by atoms with Crippen LogP contribution in [0.5, 0.6) is 0 Å². The Hall–Kier alpha value is -1.88. The molecular formula is C14H19N3O2. The Labute approximate surface area is 112 Å². The molecule has 0 aliphatic carbocycles. The van der Waals surface area contributed by atoms with E-state index in [-0.39, 0.29) is 30.2 Å². The fourth-order valence-corrected chi connectivity index (χ4v) is 2.15. The van der Waals surface area contributed by atoms with Crippen LogP contribution in [0.4, 0.5) is 0 Å². The van der Waals surface area contributed by atoms with Crippen molar-refractivity contribution in [3.63, 3.8) is 0 Å². The van der Waals surface area contributed by atoms with Crippen molar-refractivity contribution >= 4 is 11.8 Å². The van der Waals surface area contributed by atoms with Gasteiger partial charge in [-0.05, 0) is 12.0 Å². The third kappa shape index (κ3) is 3.79. The van der Waals surface area contributed by atoms with Gasteiger partial charge in [-0.1, -0.05) is 30.3 Å². The summed E-state index contributed by atoms with van der Waals surface area (Å²) >= 11 is 0. The first kappa shape index (κ1) is 13.5. The number of rotatable bonds is 5. The quantitative estimate of drug-likeness (QED) is 0.714. The molecule has 0 saturated carbocycles. The van der Waals surface area contributed by atoms with Gasteiger partial charge < -0.3 is 16.4 Å². The van der Waals surface area contributed by atoms with E-state index in [1.54, 1.807) is 0 Å². The van der Waals surface area contributed by atoms with E-state index in [9.17, 15) is 9.59 Å². The predicted octanol–water partition coefficient (Wildman–Crippen LogP) is 0.329. The molecule has 1 aliphatic rings. The normalized spacial score (nSPS) is 19.8. The number of carbonyl (C=O) groups is 2. The van der Waals surface area contributed by atoms with Crippen molar-refractivity contribution in [3.05, 3.63) is 35.9 Å². The molecule has 1 aromatic carbocycles. The van der Waals surface area contributed by atoms with Crippen LogP contribution in [0.2, 0.25) is 0 Å². The Kier molecular flexibility index (Phi) is 4.52. The van der Waals surface area contributed by atoms with Crippen molar-refractivity contribution in [2.75, 3.05) is 13.1 Å². The van der Waals surface area contributed by atoms with Gasteiger partial charge >= 0.3 is 0 Å². The van der Waals surface area contributed by atoms with Crippen LogP contribution in [0.25, 0.3) is 0 Å². The number of hydrogen-bond acceptors (Lipinski definition) is 3. The predicted molar refractivity (Wildman–Crippen MR) is 72.1 cm³/mol. The second kappa shape index (κ2) is 6.33. The lowest BCUT2D eigenvalue weighted by Crippen LogP contribution is -2.33. The molecule has 1 heterocycles. The zero-order valence-electron chi connectivity index (χ0n) is 10.8. The van der Waals surface area contributed by atoms with E-state index in [0.29, 0.717) is 19.5 Å². The van der Waals surface area contributed by atoms with Crippen molar-refractivity contribution in [1.82, 2.24) is 10.6 Å². The molecule has 19 heavy (non-hydrogen) atoms. The van der Waals surface area contributed by atoms with Crippen LogP contribution < -0.4 is 16.4 Å². The SMILES string of the molecule is NC(CCNC(=O)C1CNC(=O)C1)c1ccccc1. The third-order valence-corrected chi connectivity index (χ3v) is 3.33. The number of nitrogens with one attached hydrogen (secondary N) is 2. The van der Waals surface area contributed by atoms with Gasteiger partial charge in [0.15, 0.2) is 0 Å². The summed E-state index contributed by atoms with van der Waals surface area (Å²) in [7, 11) is 0. The van der Waals surface area contributed by atoms with Crippen molar-refractivity contribution in [1.29, 1.82) is 0 Å². The molecule has 2 rings (SSSR count). The molecule has 0 spiro atoms. The summed E-state index contributed by atoms with van der Waals surface area (Å²) in [6, 6.07) is 9.72. The van der Waals surface area contributed by atoms with Gasteiger partial charge in [-0.25, -0.2) is 0 Å². The third-order valence-electron chi connectivity index (χ3n) is 3.33. The number of benzene rings is 1. The highest BCUT2D eigenvalue weighted by Gasteiger charge is 2.27. The molecular weight excluding hydrogens is 242 g/mol. The van der Waals surface area contributed by atoms with E-state index < -0.39 is 0 Å². The minimum Gasteiger partial charge on any atom is -0.356 e. The molecule has 4 N–H and O–H groups in total. The van der Waals surface area contributed by atoms with Gasteiger partial charge in [0.05, 0.1) is 5.92 Å². The van der Waals surface area contributed by atoms with Crippen LogP contribution in [0.15, 0.2) is 30.3 Å². The van der Waals surface area contributed by atoms with Crippen LogP contribution in [0.3, 0.4) is 0 Å². The summed E-state index contributed by atoms with van der Waals surface area (Å²) in [6.45, 7) is 0.967. The lowest BCUT2D eigenvalue weighted by molar-refractivity contribution is -0.126. The van der Waals surface area contributed by atoms with Crippen LogP contribution in [-0.2, 0) is 9.59 Å². The molecule has 5 heteroatoms.